The van der Waals surface area contributed by atoms with E-state index in [-0.39, 0.29) is 17.9 Å². The fourth-order valence-corrected chi connectivity index (χ4v) is 3.03. The van der Waals surface area contributed by atoms with Crippen molar-refractivity contribution in [3.05, 3.63) is 45.5 Å². The van der Waals surface area contributed by atoms with Crippen molar-refractivity contribution in [1.29, 1.82) is 0 Å². The van der Waals surface area contributed by atoms with Gasteiger partial charge in [0.25, 0.3) is 5.69 Å². The first-order valence-corrected chi connectivity index (χ1v) is 8.70. The van der Waals surface area contributed by atoms with E-state index in [2.05, 4.69) is 20.1 Å². The van der Waals surface area contributed by atoms with Crippen LogP contribution >= 0.6 is 0 Å². The van der Waals surface area contributed by atoms with E-state index in [0.29, 0.717) is 12.2 Å². The number of aromatic nitrogens is 3. The zero-order valence-electron chi connectivity index (χ0n) is 14.6. The number of hydrogen-bond acceptors (Lipinski definition) is 7. The Kier molecular flexibility index (Phi) is 5.45. The highest BCUT2D eigenvalue weighted by Gasteiger charge is 2.22. The van der Waals surface area contributed by atoms with Crippen LogP contribution in [-0.4, -0.2) is 32.3 Å². The fraction of sp³-hybridized carbons (Fsp3) is 0.471. The number of carbonyl (C=O) groups is 1. The Morgan fingerprint density at radius 2 is 2.19 bits per heavy atom. The Hall–Kier alpha value is -2.97. The number of carbonyl (C=O) groups excluding carboxylic acids is 1. The lowest BCUT2D eigenvalue weighted by Crippen LogP contribution is -2.12. The molecule has 0 unspecified atom stereocenters. The SMILES string of the molecule is CCOC(=O)c1cc(NCc2nnc3n2CCCCC3)ccc1[N+](=O)[O-]. The van der Waals surface area contributed by atoms with Crippen LogP contribution in [0.2, 0.25) is 0 Å². The molecule has 1 aliphatic heterocycles. The lowest BCUT2D eigenvalue weighted by Gasteiger charge is -2.10. The van der Waals surface area contributed by atoms with Gasteiger partial charge in [0, 0.05) is 24.7 Å². The van der Waals surface area contributed by atoms with Gasteiger partial charge in [0.05, 0.1) is 18.1 Å². The lowest BCUT2D eigenvalue weighted by atomic mass is 10.1. The number of esters is 1. The molecular formula is C17H21N5O4. The van der Waals surface area contributed by atoms with E-state index in [1.165, 1.54) is 18.6 Å². The summed E-state index contributed by atoms with van der Waals surface area (Å²) in [4.78, 5) is 22.6. The molecule has 3 rings (SSSR count). The van der Waals surface area contributed by atoms with Gasteiger partial charge < -0.3 is 14.6 Å². The predicted octanol–water partition coefficient (Wildman–Crippen LogP) is 2.70. The van der Waals surface area contributed by atoms with Gasteiger partial charge in [0.1, 0.15) is 11.4 Å². The van der Waals surface area contributed by atoms with Gasteiger partial charge in [-0.1, -0.05) is 6.42 Å². The van der Waals surface area contributed by atoms with E-state index in [0.717, 1.165) is 37.5 Å². The topological polar surface area (TPSA) is 112 Å². The highest BCUT2D eigenvalue weighted by molar-refractivity contribution is 5.95. The third kappa shape index (κ3) is 3.81. The van der Waals surface area contributed by atoms with Crippen LogP contribution in [0.3, 0.4) is 0 Å². The Bertz CT molecular complexity index is 817. The molecule has 138 valence electrons. The van der Waals surface area contributed by atoms with Crippen molar-refractivity contribution in [2.45, 2.75) is 45.7 Å². The van der Waals surface area contributed by atoms with Crippen LogP contribution < -0.4 is 5.32 Å². The maximum Gasteiger partial charge on any atom is 0.345 e. The average Bonchev–Trinajstić information content (AvgIpc) is 2.86. The molecule has 0 aliphatic carbocycles. The third-order valence-electron chi connectivity index (χ3n) is 4.33. The van der Waals surface area contributed by atoms with Gasteiger partial charge in [0.15, 0.2) is 5.82 Å². The molecule has 0 amide bonds. The number of anilines is 1. The van der Waals surface area contributed by atoms with Crippen LogP contribution in [0.1, 0.15) is 48.2 Å². The van der Waals surface area contributed by atoms with Crippen molar-refractivity contribution in [1.82, 2.24) is 14.8 Å². The number of nitrogens with zero attached hydrogens (tertiary/aromatic N) is 4. The molecule has 0 atom stereocenters. The molecule has 0 saturated heterocycles. The van der Waals surface area contributed by atoms with Crippen molar-refractivity contribution < 1.29 is 14.5 Å². The van der Waals surface area contributed by atoms with Gasteiger partial charge in [-0.3, -0.25) is 10.1 Å². The second-order valence-corrected chi connectivity index (χ2v) is 6.06. The smallest absolute Gasteiger partial charge is 0.345 e. The standard InChI is InChI=1S/C17H21N5O4/c1-2-26-17(23)13-10-12(7-8-14(13)22(24)25)18-11-16-20-19-15-6-4-3-5-9-21(15)16/h7-8,10,18H,2-6,9,11H2,1H3. The first-order valence-electron chi connectivity index (χ1n) is 8.70. The Balaban J connectivity index is 1.78. The summed E-state index contributed by atoms with van der Waals surface area (Å²) in [7, 11) is 0. The zero-order valence-corrected chi connectivity index (χ0v) is 14.6. The quantitative estimate of drug-likeness (QED) is 0.479. The highest BCUT2D eigenvalue weighted by Crippen LogP contribution is 2.24. The minimum Gasteiger partial charge on any atom is -0.462 e. The number of aryl methyl sites for hydroxylation is 1. The molecule has 0 spiro atoms. The number of fused-ring (bicyclic) bond motifs is 1. The van der Waals surface area contributed by atoms with E-state index >= 15 is 0 Å². The van der Waals surface area contributed by atoms with E-state index in [1.807, 2.05) is 0 Å². The second-order valence-electron chi connectivity index (χ2n) is 6.06. The Labute approximate surface area is 150 Å². The molecule has 26 heavy (non-hydrogen) atoms. The van der Waals surface area contributed by atoms with E-state index < -0.39 is 10.9 Å². The van der Waals surface area contributed by atoms with Crippen LogP contribution in [0.5, 0.6) is 0 Å². The lowest BCUT2D eigenvalue weighted by molar-refractivity contribution is -0.385. The molecule has 1 aromatic carbocycles. The summed E-state index contributed by atoms with van der Waals surface area (Å²) in [5, 5.41) is 22.8. The molecule has 1 aromatic heterocycles. The number of nitrogens with one attached hydrogen (secondary N) is 1. The molecule has 0 bridgehead atoms. The first-order chi connectivity index (χ1) is 12.6. The van der Waals surface area contributed by atoms with Crippen LogP contribution in [0.4, 0.5) is 11.4 Å². The minimum atomic E-state index is -0.709. The largest absolute Gasteiger partial charge is 0.462 e. The van der Waals surface area contributed by atoms with Crippen molar-refractivity contribution in [2.24, 2.45) is 0 Å². The van der Waals surface area contributed by atoms with Crippen LogP contribution in [0.15, 0.2) is 18.2 Å². The monoisotopic (exact) mass is 359 g/mol. The summed E-state index contributed by atoms with van der Waals surface area (Å²) in [6, 6.07) is 4.31. The number of hydrogen-bond donors (Lipinski definition) is 1. The molecule has 9 heteroatoms. The predicted molar refractivity (Wildman–Crippen MR) is 94.0 cm³/mol. The summed E-state index contributed by atoms with van der Waals surface area (Å²) in [5.41, 5.74) is 0.247. The molecule has 2 heterocycles. The molecule has 9 nitrogen and oxygen atoms in total. The summed E-state index contributed by atoms with van der Waals surface area (Å²) in [6.07, 6.45) is 4.33. The first kappa shape index (κ1) is 17.8. The number of benzene rings is 1. The molecular weight excluding hydrogens is 338 g/mol. The van der Waals surface area contributed by atoms with Gasteiger partial charge in [-0.05, 0) is 31.9 Å². The van der Waals surface area contributed by atoms with Crippen LogP contribution in [0, 0.1) is 10.1 Å². The van der Waals surface area contributed by atoms with Crippen molar-refractivity contribution in [3.8, 4) is 0 Å². The maximum atomic E-state index is 12.0. The Morgan fingerprint density at radius 3 is 2.96 bits per heavy atom. The second kappa shape index (κ2) is 7.94. The van der Waals surface area contributed by atoms with Gasteiger partial charge in [-0.2, -0.15) is 0 Å². The highest BCUT2D eigenvalue weighted by atomic mass is 16.6. The van der Waals surface area contributed by atoms with Gasteiger partial charge in [0.2, 0.25) is 0 Å². The number of rotatable bonds is 6. The third-order valence-corrected chi connectivity index (χ3v) is 4.33. The van der Waals surface area contributed by atoms with Gasteiger partial charge >= 0.3 is 5.97 Å². The van der Waals surface area contributed by atoms with Crippen LogP contribution in [-0.2, 0) is 24.2 Å². The van der Waals surface area contributed by atoms with E-state index in [1.54, 1.807) is 13.0 Å². The maximum absolute atomic E-state index is 12.0. The van der Waals surface area contributed by atoms with Crippen molar-refractivity contribution in [2.75, 3.05) is 11.9 Å². The molecule has 0 fully saturated rings. The summed E-state index contributed by atoms with van der Waals surface area (Å²) < 4.78 is 7.04. The number of nitro benzene ring substituents is 1. The average molecular weight is 359 g/mol. The van der Waals surface area contributed by atoms with Crippen molar-refractivity contribution >= 4 is 17.3 Å². The Morgan fingerprint density at radius 1 is 1.35 bits per heavy atom. The fourth-order valence-electron chi connectivity index (χ4n) is 3.03. The molecule has 1 aliphatic rings. The minimum absolute atomic E-state index is 0.0677. The van der Waals surface area contributed by atoms with E-state index in [9.17, 15) is 14.9 Å². The molecule has 0 saturated carbocycles. The normalized spacial score (nSPS) is 13.6. The molecule has 1 N–H and O–H groups in total. The summed E-state index contributed by atoms with van der Waals surface area (Å²) in [6.45, 7) is 3.13. The summed E-state index contributed by atoms with van der Waals surface area (Å²) >= 11 is 0. The molecule has 2 aromatic rings. The summed E-state index contributed by atoms with van der Waals surface area (Å²) in [5.74, 6) is 1.10. The van der Waals surface area contributed by atoms with Gasteiger partial charge in [-0.25, -0.2) is 4.79 Å². The number of ether oxygens (including phenoxy) is 1. The molecule has 0 radical (unpaired) electrons. The zero-order chi connectivity index (χ0) is 18.5. The van der Waals surface area contributed by atoms with Crippen molar-refractivity contribution in [3.63, 3.8) is 0 Å². The number of nitro groups is 1. The van der Waals surface area contributed by atoms with Crippen LogP contribution in [0.25, 0.3) is 0 Å². The van der Waals surface area contributed by atoms with E-state index in [4.69, 9.17) is 4.74 Å². The van der Waals surface area contributed by atoms with Gasteiger partial charge in [-0.15, -0.1) is 10.2 Å².